The van der Waals surface area contributed by atoms with Crippen LogP contribution in [0.4, 0.5) is 11.4 Å². The quantitative estimate of drug-likeness (QED) is 0.499. The average Bonchev–Trinajstić information content (AvgIpc) is 2.70. The second-order valence-corrected chi connectivity index (χ2v) is 6.39. The van der Waals surface area contributed by atoms with E-state index in [9.17, 15) is 14.9 Å². The van der Waals surface area contributed by atoms with Crippen LogP contribution in [0, 0.1) is 10.1 Å². The molecule has 1 N–H and O–H groups in total. The van der Waals surface area contributed by atoms with Crippen LogP contribution in [0.3, 0.4) is 0 Å². The molecule has 0 spiro atoms. The number of aromatic nitrogens is 1. The largest absolute Gasteiger partial charge is 0.484 e. The minimum Gasteiger partial charge on any atom is -0.484 e. The Kier molecular flexibility index (Phi) is 5.69. The van der Waals surface area contributed by atoms with E-state index in [1.165, 1.54) is 17.2 Å². The second-order valence-electron chi connectivity index (χ2n) is 6.39. The molecule has 0 atom stereocenters. The number of hydrogen-bond donors (Lipinski definition) is 1. The van der Waals surface area contributed by atoms with E-state index in [-0.39, 0.29) is 18.2 Å². The zero-order valence-corrected chi connectivity index (χ0v) is 15.6. The molecule has 0 aliphatic rings. The van der Waals surface area contributed by atoms with Crippen LogP contribution in [0.5, 0.6) is 5.75 Å². The molecular weight excluding hydrogens is 360 g/mol. The summed E-state index contributed by atoms with van der Waals surface area (Å²) < 4.78 is 5.53. The Morgan fingerprint density at radius 1 is 1.21 bits per heavy atom. The third kappa shape index (κ3) is 4.35. The van der Waals surface area contributed by atoms with Crippen molar-refractivity contribution in [3.8, 4) is 5.75 Å². The number of carbonyl (C=O) groups is 1. The van der Waals surface area contributed by atoms with E-state index < -0.39 is 4.92 Å². The first-order valence-corrected chi connectivity index (χ1v) is 8.62. The predicted octanol–water partition coefficient (Wildman–Crippen LogP) is 3.22. The minimum atomic E-state index is -0.413. The topological polar surface area (TPSA) is 97.6 Å². The van der Waals surface area contributed by atoms with Gasteiger partial charge in [0.05, 0.1) is 10.3 Å². The first-order valence-electron chi connectivity index (χ1n) is 8.62. The van der Waals surface area contributed by atoms with Gasteiger partial charge in [-0.1, -0.05) is 12.1 Å². The lowest BCUT2D eigenvalue weighted by molar-refractivity contribution is -0.383. The van der Waals surface area contributed by atoms with Crippen LogP contribution in [-0.2, 0) is 11.3 Å². The molecule has 1 aromatic heterocycles. The van der Waals surface area contributed by atoms with E-state index in [0.29, 0.717) is 17.7 Å². The maximum absolute atomic E-state index is 11.6. The number of ether oxygens (including phenoxy) is 1. The van der Waals surface area contributed by atoms with Gasteiger partial charge in [0, 0.05) is 50.2 Å². The number of nitrogens with zero attached hydrogens (tertiary/aromatic N) is 3. The molecule has 0 fully saturated rings. The molecule has 8 heteroatoms. The molecule has 3 rings (SSSR count). The molecule has 0 unspecified atom stereocenters. The Hall–Kier alpha value is -3.68. The van der Waals surface area contributed by atoms with Crippen molar-refractivity contribution >= 4 is 28.1 Å². The van der Waals surface area contributed by atoms with Crippen molar-refractivity contribution in [3.05, 3.63) is 70.5 Å². The van der Waals surface area contributed by atoms with Crippen molar-refractivity contribution in [1.29, 1.82) is 0 Å². The van der Waals surface area contributed by atoms with Crippen molar-refractivity contribution < 1.29 is 14.5 Å². The summed E-state index contributed by atoms with van der Waals surface area (Å²) in [6.45, 7) is 0.470. The maximum atomic E-state index is 11.6. The number of benzene rings is 2. The first kappa shape index (κ1) is 19.1. The van der Waals surface area contributed by atoms with Gasteiger partial charge in [-0.2, -0.15) is 0 Å². The monoisotopic (exact) mass is 380 g/mol. The van der Waals surface area contributed by atoms with Crippen LogP contribution in [-0.4, -0.2) is 41.4 Å². The summed E-state index contributed by atoms with van der Waals surface area (Å²) in [6.07, 6.45) is 3.10. The summed E-state index contributed by atoms with van der Waals surface area (Å²) in [5.41, 5.74) is 1.75. The van der Waals surface area contributed by atoms with Gasteiger partial charge in [0.1, 0.15) is 5.75 Å². The van der Waals surface area contributed by atoms with Gasteiger partial charge in [0.15, 0.2) is 6.61 Å². The highest BCUT2D eigenvalue weighted by molar-refractivity contribution is 5.99. The van der Waals surface area contributed by atoms with E-state index in [2.05, 4.69) is 10.3 Å². The Bertz CT molecular complexity index is 1020. The van der Waals surface area contributed by atoms with Crippen molar-refractivity contribution in [2.45, 2.75) is 6.54 Å². The summed E-state index contributed by atoms with van der Waals surface area (Å²) >= 11 is 0. The summed E-state index contributed by atoms with van der Waals surface area (Å²) in [5, 5.41) is 15.7. The third-order valence-electron chi connectivity index (χ3n) is 4.23. The number of amides is 1. The zero-order valence-electron chi connectivity index (χ0n) is 15.6. The number of carbonyl (C=O) groups excluding carboxylic acids is 1. The molecular formula is C20H20N4O4. The van der Waals surface area contributed by atoms with E-state index in [1.807, 2.05) is 18.2 Å². The number of pyridine rings is 1. The van der Waals surface area contributed by atoms with Crippen molar-refractivity contribution in [2.24, 2.45) is 0 Å². The standard InChI is InChI=1S/C20H20N4O4/c1-23(2)20(25)13-28-15-5-3-4-14(10-15)11-22-18-6-7-19(24(26)27)17-12-21-9-8-16(17)18/h3-10,12,22H,11,13H2,1-2H3. The number of nitro groups is 1. The molecule has 0 saturated heterocycles. The fourth-order valence-corrected chi connectivity index (χ4v) is 2.71. The Morgan fingerprint density at radius 2 is 2.04 bits per heavy atom. The molecule has 2 aromatic carbocycles. The minimum absolute atomic E-state index is 0.0228. The summed E-state index contributed by atoms with van der Waals surface area (Å²) in [4.78, 5) is 27.9. The SMILES string of the molecule is CN(C)C(=O)COc1cccc(CNc2ccc([N+](=O)[O-])c3cnccc23)c1. The maximum Gasteiger partial charge on any atom is 0.278 e. The van der Waals surface area contributed by atoms with Gasteiger partial charge >= 0.3 is 0 Å². The molecule has 0 aliphatic carbocycles. The van der Waals surface area contributed by atoms with E-state index in [0.717, 1.165) is 16.6 Å². The predicted molar refractivity (Wildman–Crippen MR) is 106 cm³/mol. The average molecular weight is 380 g/mol. The molecule has 0 radical (unpaired) electrons. The molecule has 144 valence electrons. The molecule has 28 heavy (non-hydrogen) atoms. The Morgan fingerprint density at radius 3 is 2.79 bits per heavy atom. The number of nitrogens with one attached hydrogen (secondary N) is 1. The Labute approximate surface area is 161 Å². The summed E-state index contributed by atoms with van der Waals surface area (Å²) in [5.74, 6) is 0.488. The molecule has 8 nitrogen and oxygen atoms in total. The van der Waals surface area contributed by atoms with Crippen LogP contribution >= 0.6 is 0 Å². The van der Waals surface area contributed by atoms with Gasteiger partial charge in [-0.15, -0.1) is 0 Å². The van der Waals surface area contributed by atoms with Crippen LogP contribution in [0.25, 0.3) is 10.8 Å². The van der Waals surface area contributed by atoms with Gasteiger partial charge in [-0.3, -0.25) is 19.9 Å². The number of likely N-dealkylation sites (N-methyl/N-ethyl adjacent to an activating group) is 1. The molecule has 1 amide bonds. The molecule has 1 heterocycles. The van der Waals surface area contributed by atoms with Crippen molar-refractivity contribution in [2.75, 3.05) is 26.0 Å². The number of non-ortho nitro benzene ring substituents is 1. The van der Waals surface area contributed by atoms with Crippen LogP contribution in [0.1, 0.15) is 5.56 Å². The fourth-order valence-electron chi connectivity index (χ4n) is 2.71. The number of hydrogen-bond acceptors (Lipinski definition) is 6. The number of nitro benzene ring substituents is 1. The highest BCUT2D eigenvalue weighted by Gasteiger charge is 2.14. The molecule has 0 aliphatic heterocycles. The lowest BCUT2D eigenvalue weighted by Crippen LogP contribution is -2.27. The highest BCUT2D eigenvalue weighted by Crippen LogP contribution is 2.31. The van der Waals surface area contributed by atoms with Gasteiger partial charge in [0.25, 0.3) is 11.6 Å². The van der Waals surface area contributed by atoms with Crippen LogP contribution in [0.2, 0.25) is 0 Å². The normalized spacial score (nSPS) is 10.5. The third-order valence-corrected chi connectivity index (χ3v) is 4.23. The summed E-state index contributed by atoms with van der Waals surface area (Å²) in [7, 11) is 3.35. The Balaban J connectivity index is 1.74. The van der Waals surface area contributed by atoms with E-state index in [1.54, 1.807) is 38.5 Å². The van der Waals surface area contributed by atoms with Crippen molar-refractivity contribution in [1.82, 2.24) is 9.88 Å². The highest BCUT2D eigenvalue weighted by atomic mass is 16.6. The number of fused-ring (bicyclic) bond motifs is 1. The smallest absolute Gasteiger partial charge is 0.278 e. The van der Waals surface area contributed by atoms with Gasteiger partial charge < -0.3 is 15.0 Å². The first-order chi connectivity index (χ1) is 13.5. The van der Waals surface area contributed by atoms with Gasteiger partial charge in [-0.05, 0) is 29.8 Å². The lowest BCUT2D eigenvalue weighted by Gasteiger charge is -2.13. The number of anilines is 1. The van der Waals surface area contributed by atoms with Gasteiger partial charge in [0.2, 0.25) is 0 Å². The zero-order chi connectivity index (χ0) is 20.1. The molecule has 3 aromatic rings. The van der Waals surface area contributed by atoms with E-state index in [4.69, 9.17) is 4.74 Å². The number of rotatable bonds is 7. The van der Waals surface area contributed by atoms with Crippen molar-refractivity contribution in [3.63, 3.8) is 0 Å². The van der Waals surface area contributed by atoms with E-state index >= 15 is 0 Å². The van der Waals surface area contributed by atoms with Crippen LogP contribution in [0.15, 0.2) is 54.9 Å². The van der Waals surface area contributed by atoms with Crippen LogP contribution < -0.4 is 10.1 Å². The molecule has 0 saturated carbocycles. The fraction of sp³-hybridized carbons (Fsp3) is 0.200. The second kappa shape index (κ2) is 8.34. The lowest BCUT2D eigenvalue weighted by atomic mass is 10.1. The summed E-state index contributed by atoms with van der Waals surface area (Å²) in [6, 6.07) is 12.3. The molecule has 0 bridgehead atoms. The van der Waals surface area contributed by atoms with Gasteiger partial charge in [-0.25, -0.2) is 0 Å².